The van der Waals surface area contributed by atoms with Crippen LogP contribution in [0.15, 0.2) is 54.6 Å². The fourth-order valence-corrected chi connectivity index (χ4v) is 2.99. The topological polar surface area (TPSA) is 64.7 Å². The second kappa shape index (κ2) is 6.19. The van der Waals surface area contributed by atoms with Gasteiger partial charge in [0.05, 0.1) is 11.2 Å². The zero-order chi connectivity index (χ0) is 18.3. The number of halogens is 1. The maximum absolute atomic E-state index is 13.2. The van der Waals surface area contributed by atoms with Gasteiger partial charge in [-0.25, -0.2) is 19.3 Å². The third-order valence-electron chi connectivity index (χ3n) is 4.35. The van der Waals surface area contributed by atoms with Crippen molar-refractivity contribution in [2.24, 2.45) is 0 Å². The number of nitrogen functional groups attached to an aromatic ring is 1. The Morgan fingerprint density at radius 1 is 0.846 bits per heavy atom. The SMILES string of the molecule is Cc1ccc(C)c(-c2nc(N)nc3ccc(-c4ccc(F)cc4)nc23)c1. The molecule has 4 rings (SSSR count). The van der Waals surface area contributed by atoms with Gasteiger partial charge in [0.1, 0.15) is 17.0 Å². The van der Waals surface area contributed by atoms with E-state index in [4.69, 9.17) is 10.7 Å². The normalized spacial score (nSPS) is 11.0. The van der Waals surface area contributed by atoms with Gasteiger partial charge in [0.25, 0.3) is 0 Å². The molecule has 2 N–H and O–H groups in total. The molecule has 26 heavy (non-hydrogen) atoms. The Morgan fingerprint density at radius 3 is 2.38 bits per heavy atom. The third kappa shape index (κ3) is 2.88. The molecule has 2 aromatic heterocycles. The molecule has 0 aliphatic carbocycles. The molecule has 0 bridgehead atoms. The summed E-state index contributed by atoms with van der Waals surface area (Å²) in [5.74, 6) is -0.0635. The van der Waals surface area contributed by atoms with Crippen LogP contribution in [0, 0.1) is 19.7 Å². The number of nitrogens with zero attached hydrogens (tertiary/aromatic N) is 3. The van der Waals surface area contributed by atoms with Gasteiger partial charge in [-0.15, -0.1) is 0 Å². The Morgan fingerprint density at radius 2 is 1.62 bits per heavy atom. The van der Waals surface area contributed by atoms with Crippen LogP contribution in [0.25, 0.3) is 33.5 Å². The molecule has 0 fully saturated rings. The van der Waals surface area contributed by atoms with Crippen molar-refractivity contribution in [2.45, 2.75) is 13.8 Å². The molecule has 0 saturated heterocycles. The first-order chi connectivity index (χ1) is 12.5. The van der Waals surface area contributed by atoms with Crippen LogP contribution < -0.4 is 5.73 Å². The largest absolute Gasteiger partial charge is 0.368 e. The first-order valence-electron chi connectivity index (χ1n) is 8.29. The summed E-state index contributed by atoms with van der Waals surface area (Å²) in [7, 11) is 0. The number of aryl methyl sites for hydroxylation is 2. The van der Waals surface area contributed by atoms with Gasteiger partial charge < -0.3 is 5.73 Å². The molecule has 0 unspecified atom stereocenters. The van der Waals surface area contributed by atoms with Crippen molar-refractivity contribution in [1.82, 2.24) is 15.0 Å². The zero-order valence-electron chi connectivity index (χ0n) is 14.5. The Kier molecular flexibility index (Phi) is 3.84. The average molecular weight is 344 g/mol. The van der Waals surface area contributed by atoms with Gasteiger partial charge in [0, 0.05) is 11.1 Å². The van der Waals surface area contributed by atoms with Crippen molar-refractivity contribution in [3.05, 3.63) is 71.5 Å². The van der Waals surface area contributed by atoms with Crippen molar-refractivity contribution in [3.63, 3.8) is 0 Å². The van der Waals surface area contributed by atoms with E-state index in [1.165, 1.54) is 12.1 Å². The van der Waals surface area contributed by atoms with E-state index in [2.05, 4.69) is 28.2 Å². The van der Waals surface area contributed by atoms with E-state index in [9.17, 15) is 4.39 Å². The number of aromatic nitrogens is 3. The number of anilines is 1. The highest BCUT2D eigenvalue weighted by molar-refractivity contribution is 5.92. The quantitative estimate of drug-likeness (QED) is 0.572. The summed E-state index contributed by atoms with van der Waals surface area (Å²) in [5, 5.41) is 0. The van der Waals surface area contributed by atoms with Crippen LogP contribution in [0.1, 0.15) is 11.1 Å². The highest BCUT2D eigenvalue weighted by Gasteiger charge is 2.14. The summed E-state index contributed by atoms with van der Waals surface area (Å²) in [5.41, 5.74) is 12.7. The van der Waals surface area contributed by atoms with Crippen LogP contribution in [0.5, 0.6) is 0 Å². The Labute approximate surface area is 150 Å². The lowest BCUT2D eigenvalue weighted by Gasteiger charge is -2.11. The summed E-state index contributed by atoms with van der Waals surface area (Å²) in [6, 6.07) is 16.2. The van der Waals surface area contributed by atoms with Crippen LogP contribution in [-0.4, -0.2) is 15.0 Å². The molecule has 5 heteroatoms. The van der Waals surface area contributed by atoms with Crippen LogP contribution in [0.2, 0.25) is 0 Å². The van der Waals surface area contributed by atoms with Crippen molar-refractivity contribution in [1.29, 1.82) is 0 Å². The number of nitrogens with two attached hydrogens (primary N) is 1. The molecule has 0 atom stereocenters. The first kappa shape index (κ1) is 16.1. The van der Waals surface area contributed by atoms with Crippen LogP contribution in [0.3, 0.4) is 0 Å². The minimum absolute atomic E-state index is 0.213. The van der Waals surface area contributed by atoms with Gasteiger partial charge in [-0.3, -0.25) is 0 Å². The zero-order valence-corrected chi connectivity index (χ0v) is 14.5. The van der Waals surface area contributed by atoms with Crippen molar-refractivity contribution >= 4 is 17.0 Å². The lowest BCUT2D eigenvalue weighted by atomic mass is 10.0. The molecular weight excluding hydrogens is 327 g/mol. The summed E-state index contributed by atoms with van der Waals surface area (Å²) in [4.78, 5) is 13.5. The van der Waals surface area contributed by atoms with Crippen molar-refractivity contribution in [3.8, 4) is 22.5 Å². The molecule has 0 spiro atoms. The second-order valence-corrected chi connectivity index (χ2v) is 6.32. The van der Waals surface area contributed by atoms with E-state index < -0.39 is 0 Å². The molecule has 2 aromatic carbocycles. The lowest BCUT2D eigenvalue weighted by Crippen LogP contribution is -2.01. The van der Waals surface area contributed by atoms with Gasteiger partial charge in [0.2, 0.25) is 5.95 Å². The standard InChI is InChI=1S/C21H17FN4/c1-12-3-4-13(2)16(11-12)19-20-18(25-21(23)26-19)10-9-17(24-20)14-5-7-15(22)8-6-14/h3-11H,1-2H3,(H2,23,25,26). The van der Waals surface area contributed by atoms with Gasteiger partial charge in [-0.1, -0.05) is 17.7 Å². The first-order valence-corrected chi connectivity index (χ1v) is 8.29. The fourth-order valence-electron chi connectivity index (χ4n) is 2.99. The predicted octanol–water partition coefficient (Wildman–Crippen LogP) is 4.70. The molecule has 0 aliphatic rings. The number of rotatable bonds is 2. The van der Waals surface area contributed by atoms with Crippen LogP contribution in [0.4, 0.5) is 10.3 Å². The van der Waals surface area contributed by atoms with Crippen molar-refractivity contribution < 1.29 is 4.39 Å². The molecule has 128 valence electrons. The molecule has 4 nitrogen and oxygen atoms in total. The van der Waals surface area contributed by atoms with Gasteiger partial charge >= 0.3 is 0 Å². The van der Waals surface area contributed by atoms with Gasteiger partial charge in [0.15, 0.2) is 0 Å². The van der Waals surface area contributed by atoms with E-state index in [1.807, 2.05) is 26.0 Å². The summed E-state index contributed by atoms with van der Waals surface area (Å²) >= 11 is 0. The molecule has 0 aliphatic heterocycles. The number of pyridine rings is 1. The third-order valence-corrected chi connectivity index (χ3v) is 4.35. The minimum atomic E-state index is -0.276. The molecule has 0 amide bonds. The summed E-state index contributed by atoms with van der Waals surface area (Å²) in [6.45, 7) is 4.07. The van der Waals surface area contributed by atoms with Crippen LogP contribution >= 0.6 is 0 Å². The number of fused-ring (bicyclic) bond motifs is 1. The summed E-state index contributed by atoms with van der Waals surface area (Å²) in [6.07, 6.45) is 0. The molecule has 0 radical (unpaired) electrons. The van der Waals surface area contributed by atoms with E-state index in [0.717, 1.165) is 27.9 Å². The van der Waals surface area contributed by atoms with Crippen molar-refractivity contribution in [2.75, 3.05) is 5.73 Å². The smallest absolute Gasteiger partial charge is 0.221 e. The minimum Gasteiger partial charge on any atom is -0.368 e. The Hall–Kier alpha value is -3.34. The fraction of sp³-hybridized carbons (Fsp3) is 0.0952. The molecule has 0 saturated carbocycles. The maximum Gasteiger partial charge on any atom is 0.221 e. The van der Waals surface area contributed by atoms with Gasteiger partial charge in [-0.05, 0) is 61.9 Å². The number of benzene rings is 2. The molecule has 4 aromatic rings. The highest BCUT2D eigenvalue weighted by Crippen LogP contribution is 2.30. The number of hydrogen-bond donors (Lipinski definition) is 1. The average Bonchev–Trinajstić information content (AvgIpc) is 2.63. The number of hydrogen-bond acceptors (Lipinski definition) is 4. The van der Waals surface area contributed by atoms with E-state index in [-0.39, 0.29) is 11.8 Å². The highest BCUT2D eigenvalue weighted by atomic mass is 19.1. The Bertz CT molecular complexity index is 1120. The van der Waals surface area contributed by atoms with E-state index in [1.54, 1.807) is 12.1 Å². The monoisotopic (exact) mass is 344 g/mol. The predicted molar refractivity (Wildman–Crippen MR) is 102 cm³/mol. The second-order valence-electron chi connectivity index (χ2n) is 6.32. The molecular formula is C21H17FN4. The summed E-state index contributed by atoms with van der Waals surface area (Å²) < 4.78 is 13.2. The Balaban J connectivity index is 1.98. The van der Waals surface area contributed by atoms with E-state index in [0.29, 0.717) is 16.7 Å². The maximum atomic E-state index is 13.2. The van der Waals surface area contributed by atoms with Gasteiger partial charge in [-0.2, -0.15) is 0 Å². The van der Waals surface area contributed by atoms with Crippen LogP contribution in [-0.2, 0) is 0 Å². The molecule has 2 heterocycles. The lowest BCUT2D eigenvalue weighted by molar-refractivity contribution is 0.628. The van der Waals surface area contributed by atoms with E-state index >= 15 is 0 Å².